The summed E-state index contributed by atoms with van der Waals surface area (Å²) in [4.78, 5) is 24.8. The molecule has 0 fully saturated rings. The average molecular weight is 346 g/mol. The lowest BCUT2D eigenvalue weighted by atomic mass is 10.1. The molecule has 124 valence electrons. The summed E-state index contributed by atoms with van der Waals surface area (Å²) in [5.74, 6) is -0.186. The van der Waals surface area contributed by atoms with E-state index in [1.54, 1.807) is 23.0 Å². The molecule has 0 aromatic heterocycles. The molecular weight excluding hydrogens is 330 g/mol. The van der Waals surface area contributed by atoms with Gasteiger partial charge in [0.15, 0.2) is 0 Å². The lowest BCUT2D eigenvalue weighted by Gasteiger charge is -2.09. The van der Waals surface area contributed by atoms with Gasteiger partial charge in [-0.15, -0.1) is 11.6 Å². The molecule has 24 heavy (non-hydrogen) atoms. The Hall–Kier alpha value is -2.60. The molecule has 0 saturated heterocycles. The number of carbonyl (C=O) groups is 1. The predicted molar refractivity (Wildman–Crippen MR) is 91.2 cm³/mol. The van der Waals surface area contributed by atoms with Gasteiger partial charge in [-0.25, -0.2) is 4.79 Å². The van der Waals surface area contributed by atoms with Gasteiger partial charge < -0.3 is 9.30 Å². The number of hydrogen-bond donors (Lipinski definition) is 0. The van der Waals surface area contributed by atoms with Crippen LogP contribution in [0.4, 0.5) is 0 Å². The van der Waals surface area contributed by atoms with Crippen molar-refractivity contribution < 1.29 is 9.53 Å². The molecule has 0 atom stereocenters. The molecule has 6 nitrogen and oxygen atoms in total. The number of ether oxygens (including phenoxy) is 1. The van der Waals surface area contributed by atoms with Gasteiger partial charge in [0, 0.05) is 24.8 Å². The molecule has 0 amide bonds. The van der Waals surface area contributed by atoms with Crippen LogP contribution in [0.1, 0.15) is 15.9 Å². The summed E-state index contributed by atoms with van der Waals surface area (Å²) in [6.45, 7) is 2.40. The van der Waals surface area contributed by atoms with Crippen LogP contribution in [-0.2, 0) is 11.3 Å². The van der Waals surface area contributed by atoms with Crippen LogP contribution in [0.25, 0.3) is 16.9 Å². The number of nitrogens with zero attached hydrogens (tertiary/aromatic N) is 3. The van der Waals surface area contributed by atoms with Gasteiger partial charge in [0.1, 0.15) is 11.3 Å². The molecule has 2 aliphatic heterocycles. The molecule has 0 bridgehead atoms. The van der Waals surface area contributed by atoms with Crippen LogP contribution in [0.2, 0.25) is 0 Å². The van der Waals surface area contributed by atoms with E-state index in [0.717, 1.165) is 5.56 Å². The van der Waals surface area contributed by atoms with Crippen molar-refractivity contribution in [3.05, 3.63) is 58.1 Å². The third-order valence-corrected chi connectivity index (χ3v) is 3.89. The fraction of sp³-hybridized carbons (Fsp3) is 0.235. The average Bonchev–Trinajstić information content (AvgIpc) is 2.91. The first-order chi connectivity index (χ1) is 11.5. The number of halogens is 1. The molecule has 0 saturated carbocycles. The second kappa shape index (κ2) is 6.49. The Kier molecular flexibility index (Phi) is 4.40. The normalized spacial score (nSPS) is 11.0. The van der Waals surface area contributed by atoms with Crippen molar-refractivity contribution in [2.75, 3.05) is 13.0 Å². The number of benzene rings is 1. The summed E-state index contributed by atoms with van der Waals surface area (Å²) in [5.41, 5.74) is 2.28. The number of esters is 1. The summed E-state index contributed by atoms with van der Waals surface area (Å²) >= 11 is 5.78. The van der Waals surface area contributed by atoms with E-state index >= 15 is 0 Å². The maximum Gasteiger partial charge on any atom is 0.341 e. The Balaban J connectivity index is 2.27. The Morgan fingerprint density at radius 1 is 1.33 bits per heavy atom. The Morgan fingerprint density at radius 2 is 2.12 bits per heavy atom. The summed E-state index contributed by atoms with van der Waals surface area (Å²) in [5, 5.41) is 4.35. The van der Waals surface area contributed by atoms with Gasteiger partial charge in [-0.05, 0) is 24.6 Å². The number of methoxy groups -OCH3 is 1. The first-order valence-electron chi connectivity index (χ1n) is 7.39. The maximum atomic E-state index is 12.8. The first kappa shape index (κ1) is 16.3. The van der Waals surface area contributed by atoms with Crippen LogP contribution in [0, 0.1) is 6.92 Å². The lowest BCUT2D eigenvalue weighted by molar-refractivity contribution is 0.0600. The van der Waals surface area contributed by atoms with E-state index in [1.807, 2.05) is 25.1 Å². The predicted octanol–water partition coefficient (Wildman–Crippen LogP) is 2.47. The van der Waals surface area contributed by atoms with Gasteiger partial charge in [0.05, 0.1) is 18.4 Å². The fourth-order valence-electron chi connectivity index (χ4n) is 2.58. The van der Waals surface area contributed by atoms with Crippen molar-refractivity contribution >= 4 is 17.6 Å². The molecule has 0 aliphatic carbocycles. The molecule has 3 rings (SSSR count). The molecule has 2 heterocycles. The van der Waals surface area contributed by atoms with E-state index in [4.69, 9.17) is 16.3 Å². The van der Waals surface area contributed by atoms with Gasteiger partial charge in [0.2, 0.25) is 0 Å². The monoisotopic (exact) mass is 345 g/mol. The van der Waals surface area contributed by atoms with E-state index in [-0.39, 0.29) is 11.1 Å². The molecule has 0 unspecified atom stereocenters. The maximum absolute atomic E-state index is 12.8. The lowest BCUT2D eigenvalue weighted by Crippen LogP contribution is -2.16. The van der Waals surface area contributed by atoms with Crippen LogP contribution >= 0.6 is 11.6 Å². The van der Waals surface area contributed by atoms with E-state index < -0.39 is 5.97 Å². The number of alkyl halides is 1. The minimum Gasteiger partial charge on any atom is -0.465 e. The Labute approximate surface area is 143 Å². The molecule has 0 radical (unpaired) electrons. The van der Waals surface area contributed by atoms with E-state index in [2.05, 4.69) is 5.10 Å². The number of pyridine rings is 1. The van der Waals surface area contributed by atoms with Crippen molar-refractivity contribution in [3.8, 4) is 16.9 Å². The first-order valence-corrected chi connectivity index (χ1v) is 7.92. The largest absolute Gasteiger partial charge is 0.465 e. The second-order valence-electron chi connectivity index (χ2n) is 5.41. The second-order valence-corrected chi connectivity index (χ2v) is 5.79. The van der Waals surface area contributed by atoms with E-state index in [1.165, 1.54) is 11.8 Å². The highest BCUT2D eigenvalue weighted by Gasteiger charge is 2.24. The highest BCUT2D eigenvalue weighted by atomic mass is 35.5. The summed E-state index contributed by atoms with van der Waals surface area (Å²) in [6, 6.07) is 7.44. The fourth-order valence-corrected chi connectivity index (χ4v) is 2.78. The summed E-state index contributed by atoms with van der Waals surface area (Å²) < 4.78 is 7.82. The standard InChI is InChI=1S/C17H16ClN3O3/c1-11-4-3-5-12(8-11)21-16(22)13-9-20(7-6-18)10-14(15(13)19-21)17(23)24-2/h3-5,8-10H,6-7H2,1-2H3. The summed E-state index contributed by atoms with van der Waals surface area (Å²) in [6.07, 6.45) is 3.26. The molecule has 0 spiro atoms. The van der Waals surface area contributed by atoms with E-state index in [9.17, 15) is 9.59 Å². The molecule has 1 aromatic carbocycles. The number of aromatic nitrogens is 3. The third kappa shape index (κ3) is 2.80. The number of rotatable bonds is 4. The van der Waals surface area contributed by atoms with Gasteiger partial charge in [-0.1, -0.05) is 12.1 Å². The smallest absolute Gasteiger partial charge is 0.341 e. The minimum absolute atomic E-state index is 0.239. The van der Waals surface area contributed by atoms with Crippen molar-refractivity contribution in [1.82, 2.24) is 14.3 Å². The van der Waals surface area contributed by atoms with Gasteiger partial charge in [0.25, 0.3) is 5.56 Å². The van der Waals surface area contributed by atoms with Crippen LogP contribution in [0.3, 0.4) is 0 Å². The minimum atomic E-state index is -0.544. The van der Waals surface area contributed by atoms with Crippen molar-refractivity contribution in [2.45, 2.75) is 13.5 Å². The van der Waals surface area contributed by atoms with Gasteiger partial charge in [-0.3, -0.25) is 4.79 Å². The third-order valence-electron chi connectivity index (χ3n) is 3.72. The molecular formula is C17H16ClN3O3. The number of hydrogen-bond acceptors (Lipinski definition) is 4. The van der Waals surface area contributed by atoms with Crippen LogP contribution in [0.5, 0.6) is 0 Å². The van der Waals surface area contributed by atoms with E-state index in [0.29, 0.717) is 29.4 Å². The zero-order valence-corrected chi connectivity index (χ0v) is 14.1. The number of fused-ring (bicyclic) bond motifs is 1. The Morgan fingerprint density at radius 3 is 2.79 bits per heavy atom. The van der Waals surface area contributed by atoms with Gasteiger partial charge >= 0.3 is 5.97 Å². The quantitative estimate of drug-likeness (QED) is 0.538. The van der Waals surface area contributed by atoms with Crippen LogP contribution in [-0.4, -0.2) is 33.3 Å². The van der Waals surface area contributed by atoms with Crippen molar-refractivity contribution in [2.24, 2.45) is 0 Å². The van der Waals surface area contributed by atoms with Crippen molar-refractivity contribution in [1.29, 1.82) is 0 Å². The van der Waals surface area contributed by atoms with Crippen LogP contribution < -0.4 is 5.56 Å². The van der Waals surface area contributed by atoms with Gasteiger partial charge in [-0.2, -0.15) is 9.78 Å². The zero-order valence-electron chi connectivity index (χ0n) is 13.3. The highest BCUT2D eigenvalue weighted by Crippen LogP contribution is 2.23. The Bertz CT molecular complexity index is 929. The highest BCUT2D eigenvalue weighted by molar-refractivity contribution is 6.17. The number of aryl methyl sites for hydroxylation is 2. The zero-order chi connectivity index (χ0) is 17.3. The topological polar surface area (TPSA) is 66.1 Å². The number of carbonyl (C=O) groups excluding carboxylic acids is 1. The molecule has 2 aliphatic rings. The molecule has 0 N–H and O–H groups in total. The van der Waals surface area contributed by atoms with Crippen molar-refractivity contribution in [3.63, 3.8) is 0 Å². The molecule has 1 aromatic rings. The SMILES string of the molecule is COC(=O)c1cn(CCCl)cc2c(=O)n(-c3cccc(C)c3)nc1-2. The molecule has 7 heteroatoms. The summed E-state index contributed by atoms with van der Waals surface area (Å²) in [7, 11) is 1.29. The van der Waals surface area contributed by atoms with Crippen LogP contribution in [0.15, 0.2) is 41.5 Å².